The molecule has 3 nitrogen and oxygen atoms in total. The average Bonchev–Trinajstić information content (AvgIpc) is 2.20. The second-order valence-corrected chi connectivity index (χ2v) is 4.34. The van der Waals surface area contributed by atoms with E-state index in [0.29, 0.717) is 6.54 Å². The highest BCUT2D eigenvalue weighted by Crippen LogP contribution is 2.24. The fraction of sp³-hybridized carbons (Fsp3) is 0.250. The lowest BCUT2D eigenvalue weighted by molar-refractivity contribution is -0.131. The minimum absolute atomic E-state index is 0.507. The van der Waals surface area contributed by atoms with Crippen LogP contribution in [0.25, 0.3) is 0 Å². The van der Waals surface area contributed by atoms with Gasteiger partial charge in [0.2, 0.25) is 0 Å². The maximum Gasteiger partial charge on any atom is 0.328 e. The van der Waals surface area contributed by atoms with Crippen LogP contribution in [0.5, 0.6) is 0 Å². The second-order valence-electron chi connectivity index (χ2n) is 3.55. The Morgan fingerprint density at radius 1 is 1.44 bits per heavy atom. The Kier molecular flexibility index (Phi) is 4.55. The van der Waals surface area contributed by atoms with E-state index in [9.17, 15) is 4.79 Å². The minimum atomic E-state index is -0.926. The van der Waals surface area contributed by atoms with Crippen molar-refractivity contribution in [2.75, 3.05) is 11.9 Å². The number of hydrogen-bond donors (Lipinski definition) is 2. The van der Waals surface area contributed by atoms with Crippen LogP contribution in [-0.4, -0.2) is 17.6 Å². The molecule has 0 aromatic heterocycles. The number of rotatable bonds is 4. The van der Waals surface area contributed by atoms with Crippen molar-refractivity contribution in [3.05, 3.63) is 39.9 Å². The van der Waals surface area contributed by atoms with Crippen LogP contribution in [0, 0.1) is 13.8 Å². The predicted molar refractivity (Wildman–Crippen MR) is 68.9 cm³/mol. The van der Waals surface area contributed by atoms with E-state index in [1.54, 1.807) is 6.08 Å². The topological polar surface area (TPSA) is 49.3 Å². The molecule has 86 valence electrons. The molecule has 0 saturated heterocycles. The van der Waals surface area contributed by atoms with Crippen LogP contribution in [0.4, 0.5) is 5.69 Å². The van der Waals surface area contributed by atoms with E-state index in [0.717, 1.165) is 27.4 Å². The standard InChI is InChI=1S/C12H14BrNO2/c1-8-6-10(7-9(2)12(8)13)14-5-3-4-11(15)16/h3-4,6-7,14H,5H2,1-2H3,(H,15,16)/b4-3+. The zero-order valence-corrected chi connectivity index (χ0v) is 10.8. The molecule has 0 atom stereocenters. The summed E-state index contributed by atoms with van der Waals surface area (Å²) in [6, 6.07) is 4.04. The predicted octanol–water partition coefficient (Wildman–Crippen LogP) is 3.12. The molecule has 0 radical (unpaired) electrons. The van der Waals surface area contributed by atoms with Crippen molar-refractivity contribution in [1.29, 1.82) is 0 Å². The van der Waals surface area contributed by atoms with Crippen LogP contribution in [0.3, 0.4) is 0 Å². The molecule has 0 bridgehead atoms. The molecule has 1 aromatic carbocycles. The van der Waals surface area contributed by atoms with Gasteiger partial charge in [0, 0.05) is 22.8 Å². The molecule has 0 saturated carbocycles. The fourth-order valence-electron chi connectivity index (χ4n) is 1.38. The first-order chi connectivity index (χ1) is 7.50. The molecule has 1 aromatic rings. The summed E-state index contributed by atoms with van der Waals surface area (Å²) in [5.74, 6) is -0.926. The van der Waals surface area contributed by atoms with Crippen LogP contribution in [-0.2, 0) is 4.79 Å². The normalized spacial score (nSPS) is 10.7. The highest BCUT2D eigenvalue weighted by atomic mass is 79.9. The summed E-state index contributed by atoms with van der Waals surface area (Å²) < 4.78 is 1.11. The van der Waals surface area contributed by atoms with E-state index in [1.807, 2.05) is 26.0 Å². The van der Waals surface area contributed by atoms with Crippen LogP contribution in [0.15, 0.2) is 28.8 Å². The molecule has 0 heterocycles. The van der Waals surface area contributed by atoms with E-state index in [-0.39, 0.29) is 0 Å². The van der Waals surface area contributed by atoms with Gasteiger partial charge in [-0.25, -0.2) is 4.79 Å². The third-order valence-electron chi connectivity index (χ3n) is 2.12. The SMILES string of the molecule is Cc1cc(NC/C=C/C(=O)O)cc(C)c1Br. The van der Waals surface area contributed by atoms with Gasteiger partial charge in [0.25, 0.3) is 0 Å². The number of anilines is 1. The molecule has 0 unspecified atom stereocenters. The third-order valence-corrected chi connectivity index (χ3v) is 3.37. The second kappa shape index (κ2) is 5.70. The highest BCUT2D eigenvalue weighted by Gasteiger charge is 2.00. The minimum Gasteiger partial charge on any atom is -0.478 e. The van der Waals surface area contributed by atoms with Gasteiger partial charge < -0.3 is 10.4 Å². The molecule has 4 heteroatoms. The van der Waals surface area contributed by atoms with Crippen LogP contribution >= 0.6 is 15.9 Å². The molecule has 0 spiro atoms. The van der Waals surface area contributed by atoms with Crippen molar-refractivity contribution in [3.63, 3.8) is 0 Å². The number of carboxylic acids is 1. The van der Waals surface area contributed by atoms with Gasteiger partial charge in [0.15, 0.2) is 0 Å². The summed E-state index contributed by atoms with van der Waals surface area (Å²) in [5.41, 5.74) is 3.31. The van der Waals surface area contributed by atoms with Crippen LogP contribution in [0.1, 0.15) is 11.1 Å². The molecule has 0 fully saturated rings. The Morgan fingerprint density at radius 2 is 2.00 bits per heavy atom. The van der Waals surface area contributed by atoms with Gasteiger partial charge in [-0.3, -0.25) is 0 Å². The number of carbonyl (C=O) groups is 1. The molecule has 1 rings (SSSR count). The van der Waals surface area contributed by atoms with Gasteiger partial charge in [-0.1, -0.05) is 22.0 Å². The quantitative estimate of drug-likeness (QED) is 0.835. The van der Waals surface area contributed by atoms with Crippen molar-refractivity contribution in [1.82, 2.24) is 0 Å². The third kappa shape index (κ3) is 3.70. The number of aryl methyl sites for hydroxylation is 2. The Balaban J connectivity index is 2.65. The first-order valence-corrected chi connectivity index (χ1v) is 5.70. The maximum absolute atomic E-state index is 10.2. The van der Waals surface area contributed by atoms with E-state index in [1.165, 1.54) is 0 Å². The van der Waals surface area contributed by atoms with Crippen LogP contribution < -0.4 is 5.32 Å². The van der Waals surface area contributed by atoms with Crippen molar-refractivity contribution < 1.29 is 9.90 Å². The summed E-state index contributed by atoms with van der Waals surface area (Å²) in [7, 11) is 0. The zero-order valence-electron chi connectivity index (χ0n) is 9.25. The first-order valence-electron chi connectivity index (χ1n) is 4.91. The molecule has 0 aliphatic carbocycles. The lowest BCUT2D eigenvalue weighted by atomic mass is 10.1. The molecule has 2 N–H and O–H groups in total. The molecule has 0 aliphatic rings. The van der Waals surface area contributed by atoms with E-state index in [4.69, 9.17) is 5.11 Å². The highest BCUT2D eigenvalue weighted by molar-refractivity contribution is 9.10. The van der Waals surface area contributed by atoms with Gasteiger partial charge in [-0.2, -0.15) is 0 Å². The Labute approximate surface area is 103 Å². The smallest absolute Gasteiger partial charge is 0.328 e. The lowest BCUT2D eigenvalue weighted by Crippen LogP contribution is -2.00. The van der Waals surface area contributed by atoms with Gasteiger partial charge in [0.05, 0.1) is 0 Å². The van der Waals surface area contributed by atoms with Crippen LogP contribution in [0.2, 0.25) is 0 Å². The number of hydrogen-bond acceptors (Lipinski definition) is 2. The van der Waals surface area contributed by atoms with Gasteiger partial charge in [-0.15, -0.1) is 0 Å². The monoisotopic (exact) mass is 283 g/mol. The number of halogens is 1. The average molecular weight is 284 g/mol. The first kappa shape index (κ1) is 12.8. The number of benzene rings is 1. The van der Waals surface area contributed by atoms with E-state index >= 15 is 0 Å². The van der Waals surface area contributed by atoms with E-state index < -0.39 is 5.97 Å². The van der Waals surface area contributed by atoms with Gasteiger partial charge in [-0.05, 0) is 37.1 Å². The Hall–Kier alpha value is -1.29. The maximum atomic E-state index is 10.2. The molecule has 16 heavy (non-hydrogen) atoms. The lowest BCUT2D eigenvalue weighted by Gasteiger charge is -2.08. The summed E-state index contributed by atoms with van der Waals surface area (Å²) in [6.45, 7) is 4.55. The molecular formula is C12H14BrNO2. The Bertz CT molecular complexity index is 404. The van der Waals surface area contributed by atoms with Crippen molar-refractivity contribution in [3.8, 4) is 0 Å². The molecular weight excluding hydrogens is 270 g/mol. The summed E-state index contributed by atoms with van der Waals surface area (Å²) in [6.07, 6.45) is 2.71. The number of carboxylic acid groups (broad SMARTS) is 1. The van der Waals surface area contributed by atoms with Crippen molar-refractivity contribution in [2.45, 2.75) is 13.8 Å². The molecule has 0 aliphatic heterocycles. The fourth-order valence-corrected chi connectivity index (χ4v) is 1.61. The summed E-state index contributed by atoms with van der Waals surface area (Å²) >= 11 is 3.49. The van der Waals surface area contributed by atoms with Gasteiger partial charge >= 0.3 is 5.97 Å². The molecule has 0 amide bonds. The zero-order chi connectivity index (χ0) is 12.1. The number of nitrogens with one attached hydrogen (secondary N) is 1. The largest absolute Gasteiger partial charge is 0.478 e. The van der Waals surface area contributed by atoms with Crippen molar-refractivity contribution in [2.24, 2.45) is 0 Å². The Morgan fingerprint density at radius 3 is 2.50 bits per heavy atom. The van der Waals surface area contributed by atoms with Gasteiger partial charge in [0.1, 0.15) is 0 Å². The summed E-state index contributed by atoms with van der Waals surface area (Å²) in [5, 5.41) is 11.6. The summed E-state index contributed by atoms with van der Waals surface area (Å²) in [4.78, 5) is 10.2. The number of aliphatic carboxylic acids is 1. The van der Waals surface area contributed by atoms with Crippen molar-refractivity contribution >= 4 is 27.6 Å². The van der Waals surface area contributed by atoms with E-state index in [2.05, 4.69) is 21.2 Å².